The van der Waals surface area contributed by atoms with Crippen LogP contribution in [0.4, 0.5) is 0 Å². The average Bonchev–Trinajstić information content (AvgIpc) is 3.08. The quantitative estimate of drug-likeness (QED) is 0.631. The highest BCUT2D eigenvalue weighted by Gasteiger charge is 2.24. The molecule has 6 heteroatoms. The first-order chi connectivity index (χ1) is 12.9. The molecule has 1 amide bonds. The van der Waals surface area contributed by atoms with Crippen LogP contribution in [-0.2, 0) is 23.2 Å². The summed E-state index contributed by atoms with van der Waals surface area (Å²) in [5.41, 5.74) is 1.40. The Morgan fingerprint density at radius 3 is 2.74 bits per heavy atom. The Kier molecular flexibility index (Phi) is 6.26. The monoisotopic (exact) mass is 400 g/mol. The minimum absolute atomic E-state index is 0.104. The summed E-state index contributed by atoms with van der Waals surface area (Å²) < 4.78 is 0. The summed E-state index contributed by atoms with van der Waals surface area (Å²) in [4.78, 5) is 16.8. The van der Waals surface area contributed by atoms with Gasteiger partial charge in [-0.25, -0.2) is 4.98 Å². The molecule has 1 atom stereocenters. The van der Waals surface area contributed by atoms with Crippen molar-refractivity contribution in [2.75, 3.05) is 6.54 Å². The number of aliphatic hydroxyl groups is 1. The van der Waals surface area contributed by atoms with E-state index in [1.54, 1.807) is 42.5 Å². The predicted molar refractivity (Wildman–Crippen MR) is 109 cm³/mol. The first kappa shape index (κ1) is 19.5. The minimum atomic E-state index is -1.19. The molecule has 3 aromatic rings. The van der Waals surface area contributed by atoms with E-state index < -0.39 is 5.60 Å². The summed E-state index contributed by atoms with van der Waals surface area (Å²) in [5.74, 6) is -0.172. The Hall–Kier alpha value is -2.21. The number of benzene rings is 2. The van der Waals surface area contributed by atoms with Crippen LogP contribution < -0.4 is 5.32 Å². The third-order valence-electron chi connectivity index (χ3n) is 4.22. The number of thiazole rings is 1. The molecule has 0 aliphatic heterocycles. The molecular weight excluding hydrogens is 380 g/mol. The summed E-state index contributed by atoms with van der Waals surface area (Å²) in [7, 11) is 0. The van der Waals surface area contributed by atoms with Gasteiger partial charge in [-0.1, -0.05) is 54.1 Å². The summed E-state index contributed by atoms with van der Waals surface area (Å²) in [6.45, 7) is 1.76. The van der Waals surface area contributed by atoms with E-state index >= 15 is 0 Å². The number of carbonyl (C=O) groups is 1. The molecule has 4 nitrogen and oxygen atoms in total. The third-order valence-corrected chi connectivity index (χ3v) is 5.35. The Balaban J connectivity index is 1.53. The van der Waals surface area contributed by atoms with Crippen molar-refractivity contribution in [3.63, 3.8) is 0 Å². The average molecular weight is 401 g/mol. The smallest absolute Gasteiger partial charge is 0.226 e. The van der Waals surface area contributed by atoms with E-state index in [0.29, 0.717) is 10.6 Å². The van der Waals surface area contributed by atoms with Gasteiger partial charge in [0.05, 0.1) is 23.7 Å². The highest BCUT2D eigenvalue weighted by atomic mass is 35.5. The normalized spacial score (nSPS) is 13.1. The van der Waals surface area contributed by atoms with Gasteiger partial charge in [0.2, 0.25) is 5.91 Å². The van der Waals surface area contributed by atoms with Crippen LogP contribution in [0.25, 0.3) is 0 Å². The van der Waals surface area contributed by atoms with E-state index in [9.17, 15) is 9.90 Å². The van der Waals surface area contributed by atoms with E-state index in [-0.39, 0.29) is 18.9 Å². The molecule has 1 aromatic heterocycles. The Morgan fingerprint density at radius 1 is 1.22 bits per heavy atom. The Labute approximate surface area is 167 Å². The summed E-state index contributed by atoms with van der Waals surface area (Å²) >= 11 is 7.53. The van der Waals surface area contributed by atoms with Crippen LogP contribution in [0.5, 0.6) is 0 Å². The molecule has 0 aliphatic carbocycles. The Morgan fingerprint density at radius 2 is 2.00 bits per heavy atom. The topological polar surface area (TPSA) is 62.2 Å². The van der Waals surface area contributed by atoms with Gasteiger partial charge in [-0.2, -0.15) is 0 Å². The van der Waals surface area contributed by atoms with Gasteiger partial charge in [0.25, 0.3) is 0 Å². The molecule has 0 radical (unpaired) electrons. The molecule has 27 heavy (non-hydrogen) atoms. The number of nitrogens with zero attached hydrogens (tertiary/aromatic N) is 1. The first-order valence-electron chi connectivity index (χ1n) is 8.65. The van der Waals surface area contributed by atoms with Gasteiger partial charge in [-0.15, -0.1) is 11.3 Å². The fourth-order valence-electron chi connectivity index (χ4n) is 2.71. The zero-order chi connectivity index (χ0) is 19.3. The Bertz CT molecular complexity index is 909. The second-order valence-electron chi connectivity index (χ2n) is 6.63. The number of hydrogen-bond donors (Lipinski definition) is 2. The maximum absolute atomic E-state index is 12.2. The SMILES string of the molecule is CC(O)(CNC(=O)Cc1csc(Cc2ccccc2)n1)c1cccc(Cl)c1. The van der Waals surface area contributed by atoms with E-state index in [1.807, 2.05) is 23.6 Å². The van der Waals surface area contributed by atoms with Crippen molar-refractivity contribution in [1.29, 1.82) is 0 Å². The lowest BCUT2D eigenvalue weighted by Gasteiger charge is -2.24. The number of aromatic nitrogens is 1. The highest BCUT2D eigenvalue weighted by molar-refractivity contribution is 7.09. The van der Waals surface area contributed by atoms with Gasteiger partial charge in [0.15, 0.2) is 0 Å². The molecule has 140 valence electrons. The molecule has 0 spiro atoms. The first-order valence-corrected chi connectivity index (χ1v) is 9.90. The minimum Gasteiger partial charge on any atom is -0.384 e. The third kappa shape index (κ3) is 5.63. The van der Waals surface area contributed by atoms with Crippen LogP contribution in [-0.4, -0.2) is 22.5 Å². The number of hydrogen-bond acceptors (Lipinski definition) is 4. The molecule has 0 fully saturated rings. The number of carbonyl (C=O) groups excluding carboxylic acids is 1. The van der Waals surface area contributed by atoms with Crippen LogP contribution in [0.3, 0.4) is 0 Å². The number of nitrogens with one attached hydrogen (secondary N) is 1. The maximum Gasteiger partial charge on any atom is 0.226 e. The fourth-order valence-corrected chi connectivity index (χ4v) is 3.72. The lowest BCUT2D eigenvalue weighted by molar-refractivity contribution is -0.121. The fraction of sp³-hybridized carbons (Fsp3) is 0.238. The van der Waals surface area contributed by atoms with Crippen LogP contribution in [0.15, 0.2) is 60.0 Å². The van der Waals surface area contributed by atoms with Gasteiger partial charge in [-0.05, 0) is 30.2 Å². The summed E-state index contributed by atoms with van der Waals surface area (Å²) in [6.07, 6.45) is 0.952. The van der Waals surface area contributed by atoms with Crippen molar-refractivity contribution in [2.24, 2.45) is 0 Å². The second kappa shape index (κ2) is 8.65. The molecule has 2 N–H and O–H groups in total. The molecule has 1 unspecified atom stereocenters. The lowest BCUT2D eigenvalue weighted by atomic mass is 9.96. The zero-order valence-corrected chi connectivity index (χ0v) is 16.6. The molecule has 0 bridgehead atoms. The molecule has 0 saturated heterocycles. The molecular formula is C21H21ClN2O2S. The molecule has 0 saturated carbocycles. The standard InChI is InChI=1S/C21H21ClN2O2S/c1-21(26,16-8-5-9-17(22)11-16)14-23-19(25)12-18-13-27-20(24-18)10-15-6-3-2-4-7-15/h2-9,11,13,26H,10,12,14H2,1H3,(H,23,25). The van der Waals surface area contributed by atoms with Gasteiger partial charge < -0.3 is 10.4 Å². The van der Waals surface area contributed by atoms with Crippen molar-refractivity contribution < 1.29 is 9.90 Å². The van der Waals surface area contributed by atoms with Crippen molar-refractivity contribution >= 4 is 28.8 Å². The second-order valence-corrected chi connectivity index (χ2v) is 8.01. The zero-order valence-electron chi connectivity index (χ0n) is 15.0. The van der Waals surface area contributed by atoms with Gasteiger partial charge in [0, 0.05) is 16.8 Å². The van der Waals surface area contributed by atoms with Gasteiger partial charge >= 0.3 is 0 Å². The largest absolute Gasteiger partial charge is 0.384 e. The molecule has 2 aromatic carbocycles. The van der Waals surface area contributed by atoms with Crippen molar-refractivity contribution in [3.05, 3.63) is 86.8 Å². The van der Waals surface area contributed by atoms with Gasteiger partial charge in [-0.3, -0.25) is 4.79 Å². The van der Waals surface area contributed by atoms with E-state index in [1.165, 1.54) is 5.56 Å². The van der Waals surface area contributed by atoms with Crippen LogP contribution in [0, 0.1) is 0 Å². The van der Waals surface area contributed by atoms with Crippen molar-refractivity contribution in [3.8, 4) is 0 Å². The van der Waals surface area contributed by atoms with Gasteiger partial charge in [0.1, 0.15) is 5.60 Å². The van der Waals surface area contributed by atoms with Crippen LogP contribution in [0.1, 0.15) is 28.8 Å². The van der Waals surface area contributed by atoms with E-state index in [0.717, 1.165) is 17.1 Å². The summed E-state index contributed by atoms with van der Waals surface area (Å²) in [5, 5.41) is 16.8. The van der Waals surface area contributed by atoms with Crippen LogP contribution >= 0.6 is 22.9 Å². The number of halogens is 1. The molecule has 3 rings (SSSR count). The summed E-state index contributed by atoms with van der Waals surface area (Å²) in [6, 6.07) is 17.1. The lowest BCUT2D eigenvalue weighted by Crippen LogP contribution is -2.39. The number of rotatable bonds is 7. The van der Waals surface area contributed by atoms with Crippen LogP contribution in [0.2, 0.25) is 5.02 Å². The molecule has 1 heterocycles. The maximum atomic E-state index is 12.2. The highest BCUT2D eigenvalue weighted by Crippen LogP contribution is 2.23. The van der Waals surface area contributed by atoms with Crippen molar-refractivity contribution in [1.82, 2.24) is 10.3 Å². The van der Waals surface area contributed by atoms with E-state index in [2.05, 4.69) is 22.4 Å². The predicted octanol–water partition coefficient (Wildman–Crippen LogP) is 3.95. The van der Waals surface area contributed by atoms with Crippen molar-refractivity contribution in [2.45, 2.75) is 25.4 Å². The van der Waals surface area contributed by atoms with E-state index in [4.69, 9.17) is 11.6 Å². The number of amides is 1. The molecule has 0 aliphatic rings.